The molecular weight excluding hydrogens is 318 g/mol. The van der Waals surface area contributed by atoms with Gasteiger partial charge in [0.1, 0.15) is 5.75 Å². The molecule has 0 unspecified atom stereocenters. The van der Waals surface area contributed by atoms with Crippen LogP contribution in [-0.4, -0.2) is 49.0 Å². The largest absolute Gasteiger partial charge is 0.482 e. The Balaban J connectivity index is 1.61. The van der Waals surface area contributed by atoms with Crippen LogP contribution in [0.25, 0.3) is 0 Å². The number of hydrogen-bond acceptors (Lipinski definition) is 4. The number of hydrogen-bond donors (Lipinski definition) is 2. The van der Waals surface area contributed by atoms with Crippen molar-refractivity contribution in [3.05, 3.63) is 23.8 Å². The Hall–Kier alpha value is -2.08. The summed E-state index contributed by atoms with van der Waals surface area (Å²) in [4.78, 5) is 26.3. The summed E-state index contributed by atoms with van der Waals surface area (Å²) in [6.07, 6.45) is 3.58. The van der Waals surface area contributed by atoms with E-state index in [1.807, 2.05) is 0 Å². The third-order valence-electron chi connectivity index (χ3n) is 4.78. The number of benzene rings is 1. The third kappa shape index (κ3) is 4.51. The summed E-state index contributed by atoms with van der Waals surface area (Å²) in [6, 6.07) is 5.51. The number of fused-ring (bicyclic) bond motifs is 1. The van der Waals surface area contributed by atoms with E-state index in [-0.39, 0.29) is 18.4 Å². The molecule has 2 amide bonds. The molecule has 2 aliphatic rings. The molecule has 1 aromatic carbocycles. The lowest BCUT2D eigenvalue weighted by atomic mass is 10.0. The van der Waals surface area contributed by atoms with Crippen LogP contribution in [0.15, 0.2) is 18.2 Å². The van der Waals surface area contributed by atoms with Crippen molar-refractivity contribution in [3.8, 4) is 5.75 Å². The number of carbonyl (C=O) groups is 2. The van der Waals surface area contributed by atoms with Crippen LogP contribution in [-0.2, 0) is 4.79 Å². The number of likely N-dealkylation sites (tertiary alicyclic amines) is 1. The van der Waals surface area contributed by atoms with Crippen LogP contribution in [0.2, 0.25) is 0 Å². The van der Waals surface area contributed by atoms with Crippen molar-refractivity contribution in [2.75, 3.05) is 31.6 Å². The van der Waals surface area contributed by atoms with E-state index in [4.69, 9.17) is 4.74 Å². The first-order chi connectivity index (χ1) is 12.0. The van der Waals surface area contributed by atoms with E-state index >= 15 is 0 Å². The van der Waals surface area contributed by atoms with Gasteiger partial charge in [0.05, 0.1) is 5.69 Å². The first kappa shape index (κ1) is 17.7. The number of carbonyl (C=O) groups excluding carboxylic acids is 2. The topological polar surface area (TPSA) is 70.7 Å². The minimum atomic E-state index is -0.174. The second-order valence-corrected chi connectivity index (χ2v) is 7.28. The molecule has 6 nitrogen and oxygen atoms in total. The molecule has 0 spiro atoms. The monoisotopic (exact) mass is 345 g/mol. The van der Waals surface area contributed by atoms with E-state index in [1.165, 1.54) is 12.8 Å². The Morgan fingerprint density at radius 2 is 2.08 bits per heavy atom. The van der Waals surface area contributed by atoms with Gasteiger partial charge < -0.3 is 15.4 Å². The Labute approximate surface area is 148 Å². The predicted molar refractivity (Wildman–Crippen MR) is 96.9 cm³/mol. The third-order valence-corrected chi connectivity index (χ3v) is 4.78. The highest BCUT2D eigenvalue weighted by Crippen LogP contribution is 2.28. The highest BCUT2D eigenvalue weighted by molar-refractivity contribution is 5.98. The van der Waals surface area contributed by atoms with Gasteiger partial charge in [-0.25, -0.2) is 0 Å². The van der Waals surface area contributed by atoms with Crippen LogP contribution in [0.5, 0.6) is 5.75 Å². The van der Waals surface area contributed by atoms with Crippen molar-refractivity contribution < 1.29 is 14.3 Å². The van der Waals surface area contributed by atoms with E-state index in [9.17, 15) is 9.59 Å². The summed E-state index contributed by atoms with van der Waals surface area (Å²) in [7, 11) is 0. The predicted octanol–water partition coefficient (Wildman–Crippen LogP) is 2.26. The number of anilines is 1. The summed E-state index contributed by atoms with van der Waals surface area (Å²) < 4.78 is 5.39. The average molecular weight is 345 g/mol. The Morgan fingerprint density at radius 3 is 2.80 bits per heavy atom. The molecule has 2 aliphatic heterocycles. The van der Waals surface area contributed by atoms with Crippen molar-refractivity contribution in [1.29, 1.82) is 0 Å². The van der Waals surface area contributed by atoms with Gasteiger partial charge in [-0.15, -0.1) is 0 Å². The highest BCUT2D eigenvalue weighted by Gasteiger charge is 2.24. The fourth-order valence-corrected chi connectivity index (χ4v) is 3.54. The maximum absolute atomic E-state index is 12.5. The molecule has 2 heterocycles. The van der Waals surface area contributed by atoms with Crippen molar-refractivity contribution in [2.45, 2.75) is 39.2 Å². The lowest BCUT2D eigenvalue weighted by Crippen LogP contribution is -2.43. The molecule has 2 N–H and O–H groups in total. The quantitative estimate of drug-likeness (QED) is 0.830. The molecule has 25 heavy (non-hydrogen) atoms. The zero-order valence-electron chi connectivity index (χ0n) is 15.0. The van der Waals surface area contributed by atoms with Crippen LogP contribution in [0.1, 0.15) is 43.5 Å². The van der Waals surface area contributed by atoms with Crippen LogP contribution in [0.3, 0.4) is 0 Å². The van der Waals surface area contributed by atoms with Gasteiger partial charge in [-0.05, 0) is 56.5 Å². The van der Waals surface area contributed by atoms with Gasteiger partial charge in [0.15, 0.2) is 6.61 Å². The molecule has 3 rings (SSSR count). The fourth-order valence-electron chi connectivity index (χ4n) is 3.54. The van der Waals surface area contributed by atoms with Crippen molar-refractivity contribution >= 4 is 17.5 Å². The van der Waals surface area contributed by atoms with Gasteiger partial charge in [-0.1, -0.05) is 13.8 Å². The second kappa shape index (κ2) is 7.87. The minimum absolute atomic E-state index is 0.0104. The Morgan fingerprint density at radius 1 is 1.32 bits per heavy atom. The van der Waals surface area contributed by atoms with Crippen LogP contribution >= 0.6 is 0 Å². The number of nitrogens with one attached hydrogen (secondary N) is 2. The second-order valence-electron chi connectivity index (χ2n) is 7.28. The maximum Gasteiger partial charge on any atom is 0.262 e. The van der Waals surface area contributed by atoms with Crippen molar-refractivity contribution in [2.24, 2.45) is 5.92 Å². The Bertz CT molecular complexity index is 639. The molecule has 1 fully saturated rings. The fraction of sp³-hybridized carbons (Fsp3) is 0.579. The van der Waals surface area contributed by atoms with Gasteiger partial charge in [0.25, 0.3) is 11.8 Å². The number of amides is 2. The van der Waals surface area contributed by atoms with Crippen molar-refractivity contribution in [3.63, 3.8) is 0 Å². The van der Waals surface area contributed by atoms with E-state index in [0.717, 1.165) is 19.5 Å². The van der Waals surface area contributed by atoms with Gasteiger partial charge >= 0.3 is 0 Å². The number of nitrogens with zero attached hydrogens (tertiary/aromatic N) is 1. The van der Waals surface area contributed by atoms with E-state index in [0.29, 0.717) is 35.5 Å². The zero-order valence-corrected chi connectivity index (χ0v) is 15.0. The molecular formula is C19H27N3O3. The Kier molecular flexibility index (Phi) is 5.58. The first-order valence-corrected chi connectivity index (χ1v) is 9.12. The molecule has 0 saturated carbocycles. The summed E-state index contributed by atoms with van der Waals surface area (Å²) in [5.74, 6) is 0.872. The van der Waals surface area contributed by atoms with E-state index < -0.39 is 0 Å². The molecule has 1 atom stereocenters. The minimum Gasteiger partial charge on any atom is -0.482 e. The summed E-state index contributed by atoms with van der Waals surface area (Å²) in [5, 5.41) is 5.81. The van der Waals surface area contributed by atoms with Crippen LogP contribution in [0.4, 0.5) is 5.69 Å². The SMILES string of the molecule is CC(C)C[C@@H](CNC(=O)c1ccc2c(c1)OCC(=O)N2)N1CCCC1. The molecule has 0 aliphatic carbocycles. The van der Waals surface area contributed by atoms with Crippen LogP contribution in [0, 0.1) is 5.92 Å². The lowest BCUT2D eigenvalue weighted by molar-refractivity contribution is -0.118. The molecule has 6 heteroatoms. The first-order valence-electron chi connectivity index (χ1n) is 9.12. The molecule has 136 valence electrons. The standard InChI is InChI=1S/C19H27N3O3/c1-13(2)9-15(22-7-3-4-8-22)11-20-19(24)14-5-6-16-17(10-14)25-12-18(23)21-16/h5-6,10,13,15H,3-4,7-9,11-12H2,1-2H3,(H,20,24)(H,21,23)/t15-/m0/s1. The molecule has 0 aromatic heterocycles. The summed E-state index contributed by atoms with van der Waals surface area (Å²) in [5.41, 5.74) is 1.17. The molecule has 0 bridgehead atoms. The molecule has 0 radical (unpaired) electrons. The van der Waals surface area contributed by atoms with E-state index in [1.54, 1.807) is 18.2 Å². The van der Waals surface area contributed by atoms with Crippen molar-refractivity contribution in [1.82, 2.24) is 10.2 Å². The highest BCUT2D eigenvalue weighted by atomic mass is 16.5. The van der Waals surface area contributed by atoms with Gasteiger partial charge in [0.2, 0.25) is 0 Å². The smallest absolute Gasteiger partial charge is 0.262 e. The average Bonchev–Trinajstić information content (AvgIpc) is 3.12. The van der Waals surface area contributed by atoms with Gasteiger partial charge in [-0.3, -0.25) is 14.5 Å². The normalized spacial score (nSPS) is 18.4. The van der Waals surface area contributed by atoms with E-state index in [2.05, 4.69) is 29.4 Å². The maximum atomic E-state index is 12.5. The number of rotatable bonds is 6. The van der Waals surface area contributed by atoms with Gasteiger partial charge in [-0.2, -0.15) is 0 Å². The zero-order chi connectivity index (χ0) is 17.8. The summed E-state index contributed by atoms with van der Waals surface area (Å²) in [6.45, 7) is 7.34. The molecule has 1 aromatic rings. The summed E-state index contributed by atoms with van der Waals surface area (Å²) >= 11 is 0. The van der Waals surface area contributed by atoms with Gasteiger partial charge in [0, 0.05) is 18.2 Å². The lowest BCUT2D eigenvalue weighted by Gasteiger charge is -2.29. The number of ether oxygens (including phenoxy) is 1. The van der Waals surface area contributed by atoms with Crippen LogP contribution < -0.4 is 15.4 Å². The molecule has 1 saturated heterocycles.